The number of aliphatic hydroxyl groups is 1. The van der Waals surface area contributed by atoms with E-state index in [9.17, 15) is 0 Å². The molecule has 1 N–H and O–H groups in total. The zero-order chi connectivity index (χ0) is 12.8. The Balaban J connectivity index is 2.03. The standard InChI is InChI=1S/C12H15N3O3/c1-2-5-15(6-7-16)9-11-13-12(14-18-11)10-4-3-8-17-10/h2-4,8,16H,1,5-7,9H2. The van der Waals surface area contributed by atoms with Crippen LogP contribution in [0, 0.1) is 0 Å². The maximum absolute atomic E-state index is 8.94. The number of hydrogen-bond donors (Lipinski definition) is 1. The zero-order valence-electron chi connectivity index (χ0n) is 9.95. The first kappa shape index (κ1) is 12.5. The van der Waals surface area contributed by atoms with E-state index in [4.69, 9.17) is 14.0 Å². The first-order valence-corrected chi connectivity index (χ1v) is 5.64. The highest BCUT2D eigenvalue weighted by Crippen LogP contribution is 2.16. The van der Waals surface area contributed by atoms with Crippen molar-refractivity contribution in [2.24, 2.45) is 0 Å². The minimum Gasteiger partial charge on any atom is -0.461 e. The number of rotatable bonds is 7. The third-order valence-electron chi connectivity index (χ3n) is 2.37. The molecule has 2 heterocycles. The van der Waals surface area contributed by atoms with Crippen molar-refractivity contribution in [3.05, 3.63) is 36.9 Å². The van der Waals surface area contributed by atoms with Crippen molar-refractivity contribution in [1.29, 1.82) is 0 Å². The Hall–Kier alpha value is -1.92. The monoisotopic (exact) mass is 249 g/mol. The molecule has 0 atom stereocenters. The number of nitrogens with zero attached hydrogens (tertiary/aromatic N) is 3. The van der Waals surface area contributed by atoms with Gasteiger partial charge in [0.25, 0.3) is 0 Å². The van der Waals surface area contributed by atoms with Crippen LogP contribution in [0.5, 0.6) is 0 Å². The topological polar surface area (TPSA) is 75.5 Å². The van der Waals surface area contributed by atoms with Crippen molar-refractivity contribution in [1.82, 2.24) is 15.0 Å². The molecule has 6 heteroatoms. The summed E-state index contributed by atoms with van der Waals surface area (Å²) < 4.78 is 10.3. The van der Waals surface area contributed by atoms with E-state index in [2.05, 4.69) is 16.7 Å². The van der Waals surface area contributed by atoms with Gasteiger partial charge in [0.05, 0.1) is 19.4 Å². The maximum atomic E-state index is 8.94. The molecule has 6 nitrogen and oxygen atoms in total. The summed E-state index contributed by atoms with van der Waals surface area (Å²) in [7, 11) is 0. The van der Waals surface area contributed by atoms with Gasteiger partial charge in [-0.05, 0) is 12.1 Å². The van der Waals surface area contributed by atoms with Gasteiger partial charge in [0.2, 0.25) is 11.7 Å². The van der Waals surface area contributed by atoms with Crippen LogP contribution in [-0.4, -0.2) is 39.8 Å². The number of hydrogen-bond acceptors (Lipinski definition) is 6. The summed E-state index contributed by atoms with van der Waals surface area (Å²) in [6, 6.07) is 3.53. The Morgan fingerprint density at radius 1 is 1.50 bits per heavy atom. The van der Waals surface area contributed by atoms with E-state index in [0.29, 0.717) is 37.1 Å². The second-order valence-electron chi connectivity index (χ2n) is 3.74. The van der Waals surface area contributed by atoms with Crippen LogP contribution in [0.2, 0.25) is 0 Å². The molecule has 0 aliphatic rings. The van der Waals surface area contributed by atoms with Crippen LogP contribution in [0.3, 0.4) is 0 Å². The van der Waals surface area contributed by atoms with Gasteiger partial charge in [-0.1, -0.05) is 11.2 Å². The van der Waals surface area contributed by atoms with Crippen LogP contribution in [0.1, 0.15) is 5.89 Å². The molecule has 2 rings (SSSR count). The van der Waals surface area contributed by atoms with E-state index in [1.165, 1.54) is 0 Å². The third kappa shape index (κ3) is 3.06. The highest BCUT2D eigenvalue weighted by molar-refractivity contribution is 5.44. The Morgan fingerprint density at radius 3 is 3.06 bits per heavy atom. The minimum absolute atomic E-state index is 0.0764. The van der Waals surface area contributed by atoms with Crippen LogP contribution in [0.25, 0.3) is 11.6 Å². The summed E-state index contributed by atoms with van der Waals surface area (Å²) in [5.41, 5.74) is 0. The molecule has 0 saturated carbocycles. The van der Waals surface area contributed by atoms with Gasteiger partial charge in [0, 0.05) is 13.1 Å². The maximum Gasteiger partial charge on any atom is 0.241 e. The van der Waals surface area contributed by atoms with Crippen molar-refractivity contribution in [2.75, 3.05) is 19.7 Å². The van der Waals surface area contributed by atoms with Gasteiger partial charge < -0.3 is 14.0 Å². The van der Waals surface area contributed by atoms with Crippen molar-refractivity contribution in [3.63, 3.8) is 0 Å². The Morgan fingerprint density at radius 2 is 2.39 bits per heavy atom. The van der Waals surface area contributed by atoms with Crippen LogP contribution in [0.15, 0.2) is 40.0 Å². The molecule has 18 heavy (non-hydrogen) atoms. The van der Waals surface area contributed by atoms with E-state index in [0.717, 1.165) is 0 Å². The lowest BCUT2D eigenvalue weighted by Crippen LogP contribution is -2.26. The van der Waals surface area contributed by atoms with Gasteiger partial charge in [-0.25, -0.2) is 0 Å². The lowest BCUT2D eigenvalue weighted by molar-refractivity contribution is 0.186. The third-order valence-corrected chi connectivity index (χ3v) is 2.37. The average Bonchev–Trinajstić information content (AvgIpc) is 2.98. The normalized spacial score (nSPS) is 11.0. The van der Waals surface area contributed by atoms with Crippen molar-refractivity contribution < 1.29 is 14.0 Å². The van der Waals surface area contributed by atoms with E-state index < -0.39 is 0 Å². The van der Waals surface area contributed by atoms with E-state index in [1.54, 1.807) is 24.5 Å². The summed E-state index contributed by atoms with van der Waals surface area (Å²) in [6.45, 7) is 5.40. The molecule has 0 spiro atoms. The van der Waals surface area contributed by atoms with Gasteiger partial charge in [0.1, 0.15) is 0 Å². The number of aliphatic hydroxyl groups excluding tert-OH is 1. The Labute approximate surface area is 105 Å². The molecule has 0 aliphatic carbocycles. The second kappa shape index (κ2) is 6.13. The summed E-state index contributed by atoms with van der Waals surface area (Å²) in [4.78, 5) is 6.18. The van der Waals surface area contributed by atoms with Crippen molar-refractivity contribution in [2.45, 2.75) is 6.54 Å². The van der Waals surface area contributed by atoms with E-state index >= 15 is 0 Å². The molecule has 0 amide bonds. The molecule has 0 radical (unpaired) electrons. The zero-order valence-corrected chi connectivity index (χ0v) is 9.95. The number of furan rings is 1. The lowest BCUT2D eigenvalue weighted by atomic mass is 10.4. The molecule has 2 aromatic rings. The van der Waals surface area contributed by atoms with Gasteiger partial charge in [-0.15, -0.1) is 6.58 Å². The van der Waals surface area contributed by atoms with Gasteiger partial charge in [-0.2, -0.15) is 4.98 Å². The predicted molar refractivity (Wildman–Crippen MR) is 64.6 cm³/mol. The van der Waals surface area contributed by atoms with Crippen molar-refractivity contribution in [3.8, 4) is 11.6 Å². The van der Waals surface area contributed by atoms with E-state index in [-0.39, 0.29) is 6.61 Å². The smallest absolute Gasteiger partial charge is 0.241 e. The van der Waals surface area contributed by atoms with Gasteiger partial charge >= 0.3 is 0 Å². The molecule has 0 aliphatic heterocycles. The molecule has 0 fully saturated rings. The van der Waals surface area contributed by atoms with Crippen molar-refractivity contribution >= 4 is 0 Å². The highest BCUT2D eigenvalue weighted by atomic mass is 16.5. The van der Waals surface area contributed by atoms with Crippen LogP contribution < -0.4 is 0 Å². The SMILES string of the molecule is C=CCN(CCO)Cc1nc(-c2ccco2)no1. The molecular weight excluding hydrogens is 234 g/mol. The molecule has 0 bridgehead atoms. The molecule has 0 unspecified atom stereocenters. The molecule has 0 aromatic carbocycles. The van der Waals surface area contributed by atoms with Crippen LogP contribution in [-0.2, 0) is 6.54 Å². The van der Waals surface area contributed by atoms with Gasteiger partial charge in [-0.3, -0.25) is 4.90 Å². The minimum atomic E-state index is 0.0764. The number of aromatic nitrogens is 2. The van der Waals surface area contributed by atoms with E-state index in [1.807, 2.05) is 4.90 Å². The fraction of sp³-hybridized carbons (Fsp3) is 0.333. The first-order valence-electron chi connectivity index (χ1n) is 5.64. The Kier molecular flexibility index (Phi) is 4.27. The summed E-state index contributed by atoms with van der Waals surface area (Å²) in [6.07, 6.45) is 3.32. The average molecular weight is 249 g/mol. The summed E-state index contributed by atoms with van der Waals surface area (Å²) >= 11 is 0. The van der Waals surface area contributed by atoms with Crippen LogP contribution in [0.4, 0.5) is 0 Å². The summed E-state index contributed by atoms with van der Waals surface area (Å²) in [5.74, 6) is 1.48. The summed E-state index contributed by atoms with van der Waals surface area (Å²) in [5, 5.41) is 12.8. The van der Waals surface area contributed by atoms with Gasteiger partial charge in [0.15, 0.2) is 5.76 Å². The highest BCUT2D eigenvalue weighted by Gasteiger charge is 2.13. The quantitative estimate of drug-likeness (QED) is 0.746. The fourth-order valence-electron chi connectivity index (χ4n) is 1.58. The molecule has 2 aromatic heterocycles. The predicted octanol–water partition coefficient (Wildman–Crippen LogP) is 1.31. The first-order chi connectivity index (χ1) is 8.83. The van der Waals surface area contributed by atoms with Crippen LogP contribution >= 0.6 is 0 Å². The molecular formula is C12H15N3O3. The Bertz CT molecular complexity index is 478. The second-order valence-corrected chi connectivity index (χ2v) is 3.74. The lowest BCUT2D eigenvalue weighted by Gasteiger charge is -2.16. The molecule has 0 saturated heterocycles. The largest absolute Gasteiger partial charge is 0.461 e. The molecule has 96 valence electrons. The fourth-order valence-corrected chi connectivity index (χ4v) is 1.58.